The average molecular weight is 248 g/mol. The summed E-state index contributed by atoms with van der Waals surface area (Å²) >= 11 is 0. The highest BCUT2D eigenvalue weighted by Gasteiger charge is 2.32. The Morgan fingerprint density at radius 1 is 1.28 bits per heavy atom. The average Bonchev–Trinajstić information content (AvgIpc) is 2.30. The highest BCUT2D eigenvalue weighted by atomic mass is 16.5. The molecule has 0 spiro atoms. The van der Waals surface area contributed by atoms with Crippen LogP contribution < -0.4 is 5.32 Å². The summed E-state index contributed by atoms with van der Waals surface area (Å²) in [6, 6.07) is 8.73. The Morgan fingerprint density at radius 2 is 1.94 bits per heavy atom. The van der Waals surface area contributed by atoms with E-state index < -0.39 is 0 Å². The van der Waals surface area contributed by atoms with Crippen molar-refractivity contribution >= 4 is 0 Å². The fraction of sp³-hybridized carbons (Fsp3) is 0.600. The third-order valence-corrected chi connectivity index (χ3v) is 3.49. The van der Waals surface area contributed by atoms with E-state index in [0.717, 1.165) is 32.8 Å². The van der Waals surface area contributed by atoms with Crippen molar-refractivity contribution in [1.82, 2.24) is 10.2 Å². The second-order valence-corrected chi connectivity index (χ2v) is 5.63. The smallest absolute Gasteiger partial charge is 0.0902 e. The Balaban J connectivity index is 1.68. The van der Waals surface area contributed by atoms with Crippen LogP contribution in [0.1, 0.15) is 18.1 Å². The summed E-state index contributed by atoms with van der Waals surface area (Å²) < 4.78 is 5.89. The first kappa shape index (κ1) is 13.5. The number of nitrogens with zero attached hydrogens (tertiary/aromatic N) is 1. The van der Waals surface area contributed by atoms with Crippen LogP contribution in [0, 0.1) is 6.92 Å². The van der Waals surface area contributed by atoms with E-state index in [1.54, 1.807) is 0 Å². The lowest BCUT2D eigenvalue weighted by Crippen LogP contribution is -2.59. The van der Waals surface area contributed by atoms with Gasteiger partial charge in [-0.1, -0.05) is 29.8 Å². The number of likely N-dealkylation sites (N-methyl/N-ethyl adjacent to an activating group) is 1. The van der Waals surface area contributed by atoms with Gasteiger partial charge in [0.05, 0.1) is 12.2 Å². The minimum Gasteiger partial charge on any atom is -0.371 e. The van der Waals surface area contributed by atoms with E-state index in [1.807, 2.05) is 0 Å². The zero-order valence-corrected chi connectivity index (χ0v) is 11.7. The normalized spacial score (nSPS) is 17.8. The van der Waals surface area contributed by atoms with Crippen LogP contribution in [-0.4, -0.2) is 43.8 Å². The Labute approximate surface area is 110 Å². The summed E-state index contributed by atoms with van der Waals surface area (Å²) in [5, 5.41) is 3.25. The molecule has 1 N–H and O–H groups in total. The van der Waals surface area contributed by atoms with Crippen LogP contribution in [0.4, 0.5) is 0 Å². The van der Waals surface area contributed by atoms with Gasteiger partial charge < -0.3 is 10.1 Å². The zero-order valence-electron chi connectivity index (χ0n) is 11.7. The second kappa shape index (κ2) is 5.83. The molecular weight excluding hydrogens is 224 g/mol. The van der Waals surface area contributed by atoms with Crippen LogP contribution in [-0.2, 0) is 11.3 Å². The maximum atomic E-state index is 5.89. The molecule has 0 unspecified atom stereocenters. The van der Waals surface area contributed by atoms with E-state index in [4.69, 9.17) is 4.74 Å². The molecule has 1 aliphatic heterocycles. The fourth-order valence-electron chi connectivity index (χ4n) is 2.11. The van der Waals surface area contributed by atoms with Crippen molar-refractivity contribution in [2.45, 2.75) is 26.0 Å². The predicted molar refractivity (Wildman–Crippen MR) is 74.7 cm³/mol. The van der Waals surface area contributed by atoms with Crippen molar-refractivity contribution < 1.29 is 4.74 Å². The lowest BCUT2D eigenvalue weighted by Gasteiger charge is -2.39. The van der Waals surface area contributed by atoms with Gasteiger partial charge >= 0.3 is 0 Å². The van der Waals surface area contributed by atoms with Crippen LogP contribution >= 0.6 is 0 Å². The Hall–Kier alpha value is -0.900. The molecule has 1 saturated heterocycles. The predicted octanol–water partition coefficient (Wildman–Crippen LogP) is 1.81. The molecule has 1 heterocycles. The van der Waals surface area contributed by atoms with E-state index in [9.17, 15) is 0 Å². The van der Waals surface area contributed by atoms with Gasteiger partial charge in [-0.15, -0.1) is 0 Å². The van der Waals surface area contributed by atoms with E-state index in [0.29, 0.717) is 0 Å². The Morgan fingerprint density at radius 3 is 2.50 bits per heavy atom. The molecule has 0 aromatic heterocycles. The third kappa shape index (κ3) is 3.80. The minimum absolute atomic E-state index is 0.0741. The van der Waals surface area contributed by atoms with Crippen LogP contribution in [0.3, 0.4) is 0 Å². The highest BCUT2D eigenvalue weighted by Crippen LogP contribution is 2.15. The van der Waals surface area contributed by atoms with Crippen molar-refractivity contribution in [3.63, 3.8) is 0 Å². The number of benzene rings is 1. The molecule has 1 aromatic carbocycles. The first-order chi connectivity index (χ1) is 8.57. The number of nitrogens with one attached hydrogen (secondary N) is 1. The van der Waals surface area contributed by atoms with Crippen LogP contribution in [0.5, 0.6) is 0 Å². The van der Waals surface area contributed by atoms with Gasteiger partial charge in [0.1, 0.15) is 0 Å². The van der Waals surface area contributed by atoms with Gasteiger partial charge in [0, 0.05) is 26.2 Å². The van der Waals surface area contributed by atoms with Gasteiger partial charge in [0.15, 0.2) is 0 Å². The number of hydrogen-bond donors (Lipinski definition) is 1. The molecule has 1 fully saturated rings. The largest absolute Gasteiger partial charge is 0.371 e. The first-order valence-electron chi connectivity index (χ1n) is 6.66. The molecule has 0 aliphatic carbocycles. The summed E-state index contributed by atoms with van der Waals surface area (Å²) in [5.74, 6) is 0. The maximum absolute atomic E-state index is 5.89. The van der Waals surface area contributed by atoms with E-state index in [1.165, 1.54) is 11.1 Å². The van der Waals surface area contributed by atoms with Crippen molar-refractivity contribution in [1.29, 1.82) is 0 Å². The van der Waals surface area contributed by atoms with Gasteiger partial charge in [-0.25, -0.2) is 0 Å². The van der Waals surface area contributed by atoms with Crippen molar-refractivity contribution in [3.05, 3.63) is 35.4 Å². The molecule has 1 aromatic rings. The summed E-state index contributed by atoms with van der Waals surface area (Å²) in [6.45, 7) is 9.02. The van der Waals surface area contributed by atoms with E-state index >= 15 is 0 Å². The first-order valence-corrected chi connectivity index (χ1v) is 6.66. The van der Waals surface area contributed by atoms with Gasteiger partial charge in [0.2, 0.25) is 0 Å². The molecule has 0 amide bonds. The topological polar surface area (TPSA) is 24.5 Å². The summed E-state index contributed by atoms with van der Waals surface area (Å²) in [6.07, 6.45) is 0. The monoisotopic (exact) mass is 248 g/mol. The van der Waals surface area contributed by atoms with Crippen LogP contribution in [0.25, 0.3) is 0 Å². The minimum atomic E-state index is 0.0741. The molecule has 18 heavy (non-hydrogen) atoms. The molecule has 0 radical (unpaired) electrons. The summed E-state index contributed by atoms with van der Waals surface area (Å²) in [5.41, 5.74) is 2.75. The number of rotatable bonds is 6. The van der Waals surface area contributed by atoms with Crippen LogP contribution in [0.2, 0.25) is 0 Å². The van der Waals surface area contributed by atoms with Crippen molar-refractivity contribution in [2.75, 3.05) is 33.3 Å². The Kier molecular flexibility index (Phi) is 4.38. The number of ether oxygens (including phenoxy) is 1. The summed E-state index contributed by atoms with van der Waals surface area (Å²) in [7, 11) is 2.14. The summed E-state index contributed by atoms with van der Waals surface area (Å²) in [4.78, 5) is 2.31. The lowest BCUT2D eigenvalue weighted by molar-refractivity contribution is -0.0712. The molecule has 100 valence electrons. The second-order valence-electron chi connectivity index (χ2n) is 5.63. The molecule has 3 heteroatoms. The zero-order chi connectivity index (χ0) is 13.0. The fourth-order valence-corrected chi connectivity index (χ4v) is 2.11. The number of aryl methyl sites for hydroxylation is 1. The van der Waals surface area contributed by atoms with Gasteiger partial charge in [-0.05, 0) is 26.5 Å². The molecular formula is C15H24N2O. The molecule has 0 bridgehead atoms. The SMILES string of the molecule is Cc1ccc(CN(C)CCOC2(C)CNC2)cc1. The molecule has 3 nitrogen and oxygen atoms in total. The highest BCUT2D eigenvalue weighted by molar-refractivity contribution is 5.21. The maximum Gasteiger partial charge on any atom is 0.0902 e. The van der Waals surface area contributed by atoms with Gasteiger partial charge in [0.25, 0.3) is 0 Å². The lowest BCUT2D eigenvalue weighted by atomic mass is 10.0. The van der Waals surface area contributed by atoms with E-state index in [-0.39, 0.29) is 5.60 Å². The quantitative estimate of drug-likeness (QED) is 0.831. The standard InChI is InChI=1S/C15H24N2O/c1-13-4-6-14(7-5-13)10-17(3)8-9-18-15(2)11-16-12-15/h4-7,16H,8-12H2,1-3H3. The molecule has 0 saturated carbocycles. The van der Waals surface area contributed by atoms with Gasteiger partial charge in [-0.3, -0.25) is 4.90 Å². The third-order valence-electron chi connectivity index (χ3n) is 3.49. The van der Waals surface area contributed by atoms with Crippen molar-refractivity contribution in [2.24, 2.45) is 0 Å². The van der Waals surface area contributed by atoms with Gasteiger partial charge in [-0.2, -0.15) is 0 Å². The van der Waals surface area contributed by atoms with Crippen molar-refractivity contribution in [3.8, 4) is 0 Å². The molecule has 1 aliphatic rings. The molecule has 2 rings (SSSR count). The molecule has 0 atom stereocenters. The number of hydrogen-bond acceptors (Lipinski definition) is 3. The Bertz CT molecular complexity index is 371. The van der Waals surface area contributed by atoms with E-state index in [2.05, 4.69) is 55.4 Å². The van der Waals surface area contributed by atoms with Crippen LogP contribution in [0.15, 0.2) is 24.3 Å².